The number of carbonyl (C=O) groups excluding carboxylic acids is 2. The number of ether oxygens (including phenoxy) is 2. The fourth-order valence-corrected chi connectivity index (χ4v) is 2.66. The first-order valence-corrected chi connectivity index (χ1v) is 6.74. The van der Waals surface area contributed by atoms with Crippen molar-refractivity contribution >= 4 is 11.9 Å². The van der Waals surface area contributed by atoms with Crippen LogP contribution in [0.4, 0.5) is 0 Å². The third kappa shape index (κ3) is 2.65. The van der Waals surface area contributed by atoms with Crippen LogP contribution in [0.3, 0.4) is 0 Å². The molecule has 0 radical (unpaired) electrons. The number of aromatic nitrogens is 2. The Morgan fingerprint density at radius 3 is 1.96 bits per heavy atom. The van der Waals surface area contributed by atoms with Crippen LogP contribution in [0.2, 0.25) is 0 Å². The molecule has 0 saturated heterocycles. The molecule has 1 aromatic rings. The van der Waals surface area contributed by atoms with Gasteiger partial charge in [-0.15, -0.1) is 0 Å². The van der Waals surface area contributed by atoms with Gasteiger partial charge in [-0.3, -0.25) is 4.63 Å². The smallest absolute Gasteiger partial charge is 0.336 e. The van der Waals surface area contributed by atoms with Crippen LogP contribution in [0.5, 0.6) is 0 Å². The Bertz CT molecular complexity index is 673. The molecule has 9 heteroatoms. The van der Waals surface area contributed by atoms with Gasteiger partial charge in [-0.05, 0) is 18.8 Å². The molecule has 0 aromatic carbocycles. The molecule has 0 saturated carbocycles. The molecule has 23 heavy (non-hydrogen) atoms. The summed E-state index contributed by atoms with van der Waals surface area (Å²) in [6, 6.07) is 0. The molecule has 0 atom stereocenters. The van der Waals surface area contributed by atoms with Crippen molar-refractivity contribution in [1.82, 2.24) is 10.5 Å². The second kappa shape index (κ2) is 6.11. The number of aryl methyl sites for hydroxylation is 1. The summed E-state index contributed by atoms with van der Waals surface area (Å²) < 4.78 is 14.2. The quantitative estimate of drug-likeness (QED) is 0.619. The van der Waals surface area contributed by atoms with Crippen LogP contribution in [0.15, 0.2) is 27.2 Å². The number of hydrogen-bond acceptors (Lipinski definition) is 8. The Kier molecular flexibility index (Phi) is 4.39. The van der Waals surface area contributed by atoms with Gasteiger partial charge in [0.1, 0.15) is 0 Å². The van der Waals surface area contributed by atoms with E-state index in [4.69, 9.17) is 9.47 Å². The van der Waals surface area contributed by atoms with Crippen molar-refractivity contribution in [1.29, 1.82) is 0 Å². The van der Waals surface area contributed by atoms with E-state index in [1.807, 2.05) is 0 Å². The molecule has 0 amide bonds. The monoisotopic (exact) mass is 323 g/mol. The molecule has 0 bridgehead atoms. The lowest BCUT2D eigenvalue weighted by molar-refractivity contribution is -0.808. The summed E-state index contributed by atoms with van der Waals surface area (Å²) in [6.45, 7) is 4.84. The van der Waals surface area contributed by atoms with E-state index in [2.05, 4.69) is 15.1 Å². The molecule has 2 heterocycles. The molecule has 1 aromatic heterocycles. The molecule has 9 nitrogen and oxygen atoms in total. The van der Waals surface area contributed by atoms with Crippen LogP contribution in [-0.4, -0.2) is 31.3 Å². The second-order valence-corrected chi connectivity index (χ2v) is 5.02. The summed E-state index contributed by atoms with van der Waals surface area (Å²) in [4.78, 5) is 24.6. The van der Waals surface area contributed by atoms with Gasteiger partial charge >= 0.3 is 11.9 Å². The first-order chi connectivity index (χ1) is 10.8. The first-order valence-electron chi connectivity index (χ1n) is 6.74. The standard InChI is InChI=1S/C14H17N3O6/c1-6-9(13(18)21-4)11(12-8(3)16-23-17(12)20)10(7(2)15-6)14(19)22-5/h11,15H,1-5H3. The van der Waals surface area contributed by atoms with Gasteiger partial charge in [0.25, 0.3) is 0 Å². The summed E-state index contributed by atoms with van der Waals surface area (Å²) in [5.74, 6) is -2.34. The lowest BCUT2D eigenvalue weighted by atomic mass is 9.82. The summed E-state index contributed by atoms with van der Waals surface area (Å²) >= 11 is 0. The topological polar surface area (TPSA) is 118 Å². The van der Waals surface area contributed by atoms with E-state index < -0.39 is 17.9 Å². The number of hydrogen-bond donors (Lipinski definition) is 1. The molecule has 0 unspecified atom stereocenters. The third-order valence-corrected chi connectivity index (χ3v) is 3.66. The van der Waals surface area contributed by atoms with Crippen molar-refractivity contribution in [2.24, 2.45) is 0 Å². The highest BCUT2D eigenvalue weighted by Crippen LogP contribution is 2.38. The molecule has 1 N–H and O–H groups in total. The predicted octanol–water partition coefficient (Wildman–Crippen LogP) is 0.197. The molecule has 124 valence electrons. The maximum atomic E-state index is 12.2. The van der Waals surface area contributed by atoms with Crippen molar-refractivity contribution < 1.29 is 28.6 Å². The maximum absolute atomic E-state index is 12.2. The average Bonchev–Trinajstić information content (AvgIpc) is 2.84. The number of esters is 2. The molecule has 0 spiro atoms. The number of carbonyl (C=O) groups is 2. The Morgan fingerprint density at radius 2 is 1.61 bits per heavy atom. The summed E-state index contributed by atoms with van der Waals surface area (Å²) in [5, 5.41) is 18.5. The van der Waals surface area contributed by atoms with Crippen LogP contribution in [0.1, 0.15) is 31.2 Å². The third-order valence-electron chi connectivity index (χ3n) is 3.66. The number of methoxy groups -OCH3 is 2. The van der Waals surface area contributed by atoms with E-state index in [-0.39, 0.29) is 27.4 Å². The Balaban J connectivity index is 2.75. The molecule has 1 aliphatic rings. The molecule has 1 aliphatic heterocycles. The van der Waals surface area contributed by atoms with Gasteiger partial charge in [-0.1, -0.05) is 0 Å². The largest absolute Gasteiger partial charge is 0.466 e. The molecule has 0 aliphatic carbocycles. The van der Waals surface area contributed by atoms with Gasteiger partial charge in [-0.2, -0.15) is 0 Å². The average molecular weight is 323 g/mol. The van der Waals surface area contributed by atoms with Crippen molar-refractivity contribution in [3.05, 3.63) is 39.1 Å². The van der Waals surface area contributed by atoms with E-state index in [0.29, 0.717) is 11.4 Å². The Labute approximate surface area is 132 Å². The summed E-state index contributed by atoms with van der Waals surface area (Å²) in [7, 11) is 2.43. The van der Waals surface area contributed by atoms with Crippen LogP contribution in [-0.2, 0) is 19.1 Å². The van der Waals surface area contributed by atoms with Crippen molar-refractivity contribution in [3.63, 3.8) is 0 Å². The van der Waals surface area contributed by atoms with E-state index >= 15 is 0 Å². The normalized spacial score (nSPS) is 15.5. The fraction of sp³-hybridized carbons (Fsp3) is 0.429. The van der Waals surface area contributed by atoms with E-state index in [0.717, 1.165) is 0 Å². The molecule has 2 rings (SSSR count). The number of allylic oxidation sites excluding steroid dienone is 2. The lowest BCUT2D eigenvalue weighted by Gasteiger charge is -2.28. The van der Waals surface area contributed by atoms with Gasteiger partial charge in [0.05, 0.1) is 31.3 Å². The first kappa shape index (κ1) is 16.5. The minimum Gasteiger partial charge on any atom is -0.466 e. The maximum Gasteiger partial charge on any atom is 0.336 e. The highest BCUT2D eigenvalue weighted by atomic mass is 16.8. The minimum atomic E-state index is -1.00. The van der Waals surface area contributed by atoms with Gasteiger partial charge in [0.2, 0.25) is 11.4 Å². The zero-order valence-corrected chi connectivity index (χ0v) is 13.4. The second-order valence-electron chi connectivity index (χ2n) is 5.02. The SMILES string of the molecule is COC(=O)C1=C(C)NC(C)=C(C(=O)OC)C1c1c(C)no[n+]1[O-]. The van der Waals surface area contributed by atoms with Crippen molar-refractivity contribution in [3.8, 4) is 0 Å². The van der Waals surface area contributed by atoms with Gasteiger partial charge in [0.15, 0.2) is 0 Å². The molecular formula is C14H17N3O6. The fourth-order valence-electron chi connectivity index (χ4n) is 2.66. The van der Waals surface area contributed by atoms with Gasteiger partial charge in [-0.25, -0.2) is 9.59 Å². The number of nitrogens with one attached hydrogen (secondary N) is 1. The van der Waals surface area contributed by atoms with Crippen LogP contribution < -0.4 is 10.2 Å². The lowest BCUT2D eigenvalue weighted by Crippen LogP contribution is -2.38. The number of rotatable bonds is 3. The number of dihydropyridines is 1. The summed E-state index contributed by atoms with van der Waals surface area (Å²) in [6.07, 6.45) is 0. The number of nitrogens with zero attached hydrogens (tertiary/aromatic N) is 2. The van der Waals surface area contributed by atoms with Crippen molar-refractivity contribution in [2.75, 3.05) is 14.2 Å². The Hall–Kier alpha value is -2.84. The molecule has 0 fully saturated rings. The highest BCUT2D eigenvalue weighted by molar-refractivity contribution is 5.99. The zero-order valence-electron chi connectivity index (χ0n) is 13.4. The van der Waals surface area contributed by atoms with Crippen LogP contribution in [0, 0.1) is 12.1 Å². The van der Waals surface area contributed by atoms with Crippen LogP contribution >= 0.6 is 0 Å². The summed E-state index contributed by atoms with van der Waals surface area (Å²) in [5.41, 5.74) is 1.46. The minimum absolute atomic E-state index is 0.0333. The van der Waals surface area contributed by atoms with Gasteiger partial charge in [0, 0.05) is 23.5 Å². The van der Waals surface area contributed by atoms with E-state index in [9.17, 15) is 14.8 Å². The van der Waals surface area contributed by atoms with Crippen molar-refractivity contribution in [2.45, 2.75) is 26.7 Å². The zero-order chi connectivity index (χ0) is 17.3. The Morgan fingerprint density at radius 1 is 1.13 bits per heavy atom. The van der Waals surface area contributed by atoms with E-state index in [1.165, 1.54) is 14.2 Å². The van der Waals surface area contributed by atoms with E-state index in [1.54, 1.807) is 20.8 Å². The molecular weight excluding hydrogens is 306 g/mol. The highest BCUT2D eigenvalue weighted by Gasteiger charge is 2.43. The predicted molar refractivity (Wildman–Crippen MR) is 75.5 cm³/mol. The van der Waals surface area contributed by atoms with Gasteiger partial charge < -0.3 is 20.0 Å². The van der Waals surface area contributed by atoms with Crippen LogP contribution in [0.25, 0.3) is 0 Å².